The van der Waals surface area contributed by atoms with Gasteiger partial charge in [-0.15, -0.1) is 11.8 Å². The fourth-order valence-corrected chi connectivity index (χ4v) is 5.07. The van der Waals surface area contributed by atoms with Crippen LogP contribution in [0.4, 0.5) is 0 Å². The van der Waals surface area contributed by atoms with Gasteiger partial charge in [0.25, 0.3) is 0 Å². The van der Waals surface area contributed by atoms with Gasteiger partial charge in [-0.2, -0.15) is 0 Å². The third-order valence-electron chi connectivity index (χ3n) is 8.22. The average molecular weight is 679 g/mol. The standard InChI is InChI=1S/C21H40O3.C21H38O3/c2*1-3-4-5-13-16-19-24-20-17-14-11-9-7-6-8-10-12-15-18-21(22)23-2/h8,10H,3-7,9,11-20H2,1-2H3;3-7,9,11-20H2,1-2H3/b10-8-;. The maximum atomic E-state index is 10.9. The molecule has 0 heterocycles. The van der Waals surface area contributed by atoms with Gasteiger partial charge in [0.1, 0.15) is 0 Å². The predicted octanol–water partition coefficient (Wildman–Crippen LogP) is 11.9. The van der Waals surface area contributed by atoms with Crippen molar-refractivity contribution in [2.75, 3.05) is 40.6 Å². The molecule has 6 heteroatoms. The summed E-state index contributed by atoms with van der Waals surface area (Å²) in [7, 11) is 2.87. The first-order valence-corrected chi connectivity index (χ1v) is 20.0. The summed E-state index contributed by atoms with van der Waals surface area (Å²) in [6.45, 7) is 8.25. The lowest BCUT2D eigenvalue weighted by Gasteiger charge is -2.04. The Morgan fingerprint density at radius 1 is 0.438 bits per heavy atom. The van der Waals surface area contributed by atoms with E-state index in [2.05, 4.69) is 47.3 Å². The number of allylic oxidation sites excluding steroid dienone is 2. The summed E-state index contributed by atoms with van der Waals surface area (Å²) in [6, 6.07) is 0. The molecule has 0 unspecified atom stereocenters. The second-order valence-electron chi connectivity index (χ2n) is 12.9. The number of hydrogen-bond donors (Lipinski definition) is 0. The largest absolute Gasteiger partial charge is 0.469 e. The molecule has 6 nitrogen and oxygen atoms in total. The van der Waals surface area contributed by atoms with Crippen LogP contribution in [0.2, 0.25) is 0 Å². The highest BCUT2D eigenvalue weighted by molar-refractivity contribution is 5.69. The fraction of sp³-hybridized carbons (Fsp3) is 0.857. The summed E-state index contributed by atoms with van der Waals surface area (Å²) in [6.07, 6.45) is 36.8. The molecule has 0 saturated carbocycles. The number of carbonyl (C=O) groups is 2. The van der Waals surface area contributed by atoms with Crippen LogP contribution >= 0.6 is 0 Å². The zero-order valence-electron chi connectivity index (χ0n) is 32.2. The first kappa shape index (κ1) is 48.3. The van der Waals surface area contributed by atoms with Crippen molar-refractivity contribution < 1.29 is 28.5 Å². The molecule has 48 heavy (non-hydrogen) atoms. The Morgan fingerprint density at radius 3 is 1.25 bits per heavy atom. The summed E-state index contributed by atoms with van der Waals surface area (Å²) in [5.41, 5.74) is 0. The van der Waals surface area contributed by atoms with E-state index in [-0.39, 0.29) is 11.9 Å². The Morgan fingerprint density at radius 2 is 0.792 bits per heavy atom. The van der Waals surface area contributed by atoms with Gasteiger partial charge >= 0.3 is 11.9 Å². The molecular formula is C42H78O6. The van der Waals surface area contributed by atoms with Crippen LogP contribution in [0.5, 0.6) is 0 Å². The molecule has 0 aliphatic heterocycles. The molecule has 0 aliphatic rings. The van der Waals surface area contributed by atoms with Crippen LogP contribution in [0.15, 0.2) is 12.2 Å². The van der Waals surface area contributed by atoms with Crippen LogP contribution in [0.3, 0.4) is 0 Å². The number of methoxy groups -OCH3 is 2. The van der Waals surface area contributed by atoms with Crippen molar-refractivity contribution in [3.8, 4) is 11.8 Å². The summed E-state index contributed by atoms with van der Waals surface area (Å²) in [5.74, 6) is 6.07. The van der Waals surface area contributed by atoms with Crippen molar-refractivity contribution in [1.29, 1.82) is 0 Å². The lowest BCUT2D eigenvalue weighted by Crippen LogP contribution is -1.98. The summed E-state index contributed by atoms with van der Waals surface area (Å²) in [5, 5.41) is 0. The Balaban J connectivity index is 0. The van der Waals surface area contributed by atoms with Gasteiger partial charge < -0.3 is 18.9 Å². The SMILES string of the molecule is CCCCCCCOCCCCCCC/C=C\CCCC(=O)OC.CCCCCCCOCCCCCCCC#CCCCC(=O)OC. The molecule has 0 saturated heterocycles. The van der Waals surface area contributed by atoms with Crippen LogP contribution < -0.4 is 0 Å². The molecular weight excluding hydrogens is 600 g/mol. The van der Waals surface area contributed by atoms with Gasteiger partial charge in [0.2, 0.25) is 0 Å². The zero-order valence-corrected chi connectivity index (χ0v) is 32.2. The van der Waals surface area contributed by atoms with Gasteiger partial charge in [-0.05, 0) is 64.2 Å². The van der Waals surface area contributed by atoms with Crippen molar-refractivity contribution in [1.82, 2.24) is 0 Å². The molecule has 0 bridgehead atoms. The Labute approximate surface area is 298 Å². The van der Waals surface area contributed by atoms with Crippen molar-refractivity contribution in [3.05, 3.63) is 12.2 Å². The van der Waals surface area contributed by atoms with E-state index in [0.717, 1.165) is 65.0 Å². The van der Waals surface area contributed by atoms with Gasteiger partial charge in [-0.25, -0.2) is 0 Å². The Kier molecular flexibility index (Phi) is 45.4. The van der Waals surface area contributed by atoms with Crippen molar-refractivity contribution in [2.24, 2.45) is 0 Å². The highest BCUT2D eigenvalue weighted by Crippen LogP contribution is 2.09. The number of hydrogen-bond acceptors (Lipinski definition) is 6. The molecule has 0 radical (unpaired) electrons. The van der Waals surface area contributed by atoms with Crippen LogP contribution in [0.25, 0.3) is 0 Å². The maximum Gasteiger partial charge on any atom is 0.305 e. The van der Waals surface area contributed by atoms with Gasteiger partial charge in [0.15, 0.2) is 0 Å². The first-order valence-electron chi connectivity index (χ1n) is 20.0. The average Bonchev–Trinajstić information content (AvgIpc) is 3.10. The van der Waals surface area contributed by atoms with Gasteiger partial charge in [0, 0.05) is 52.1 Å². The van der Waals surface area contributed by atoms with Crippen LogP contribution in [0.1, 0.15) is 194 Å². The highest BCUT2D eigenvalue weighted by atomic mass is 16.5. The quantitative estimate of drug-likeness (QED) is 0.0292. The Hall–Kier alpha value is -1.84. The normalized spacial score (nSPS) is 10.8. The van der Waals surface area contributed by atoms with E-state index in [1.807, 2.05) is 0 Å². The molecule has 0 N–H and O–H groups in total. The zero-order chi connectivity index (χ0) is 35.4. The molecule has 282 valence electrons. The maximum absolute atomic E-state index is 10.9. The Bertz CT molecular complexity index is 738. The number of ether oxygens (including phenoxy) is 4. The number of unbranched alkanes of at least 4 members (excludes halogenated alkanes) is 20. The molecule has 0 rings (SSSR count). The molecule has 0 aliphatic carbocycles. The van der Waals surface area contributed by atoms with Crippen molar-refractivity contribution >= 4 is 11.9 Å². The van der Waals surface area contributed by atoms with Gasteiger partial charge in [-0.1, -0.05) is 116 Å². The third kappa shape index (κ3) is 46.3. The molecule has 0 aromatic heterocycles. The first-order chi connectivity index (χ1) is 23.6. The van der Waals surface area contributed by atoms with E-state index in [1.54, 1.807) is 0 Å². The smallest absolute Gasteiger partial charge is 0.305 e. The van der Waals surface area contributed by atoms with Gasteiger partial charge in [0.05, 0.1) is 14.2 Å². The highest BCUT2D eigenvalue weighted by Gasteiger charge is 1.98. The third-order valence-corrected chi connectivity index (χ3v) is 8.22. The van der Waals surface area contributed by atoms with E-state index < -0.39 is 0 Å². The molecule has 0 spiro atoms. The molecule has 0 amide bonds. The minimum atomic E-state index is -0.141. The number of rotatable bonds is 34. The molecule has 0 fully saturated rings. The topological polar surface area (TPSA) is 71.1 Å². The van der Waals surface area contributed by atoms with E-state index >= 15 is 0 Å². The lowest BCUT2D eigenvalue weighted by molar-refractivity contribution is -0.141. The summed E-state index contributed by atoms with van der Waals surface area (Å²) >= 11 is 0. The van der Waals surface area contributed by atoms with Crippen LogP contribution in [0, 0.1) is 11.8 Å². The van der Waals surface area contributed by atoms with E-state index in [0.29, 0.717) is 12.8 Å². The molecule has 0 aromatic carbocycles. The van der Waals surface area contributed by atoms with Crippen LogP contribution in [-0.4, -0.2) is 52.6 Å². The monoisotopic (exact) mass is 679 g/mol. The summed E-state index contributed by atoms with van der Waals surface area (Å²) < 4.78 is 20.5. The van der Waals surface area contributed by atoms with Crippen molar-refractivity contribution in [3.63, 3.8) is 0 Å². The minimum absolute atomic E-state index is 0.108. The fourth-order valence-electron chi connectivity index (χ4n) is 5.07. The number of carbonyl (C=O) groups excluding carboxylic acids is 2. The predicted molar refractivity (Wildman–Crippen MR) is 203 cm³/mol. The second-order valence-corrected chi connectivity index (χ2v) is 12.9. The van der Waals surface area contributed by atoms with Crippen LogP contribution in [-0.2, 0) is 28.5 Å². The van der Waals surface area contributed by atoms with E-state index in [1.165, 1.54) is 143 Å². The molecule has 0 aromatic rings. The summed E-state index contributed by atoms with van der Waals surface area (Å²) in [4.78, 5) is 21.8. The van der Waals surface area contributed by atoms with E-state index in [9.17, 15) is 9.59 Å². The second kappa shape index (κ2) is 45.2. The van der Waals surface area contributed by atoms with Gasteiger partial charge in [-0.3, -0.25) is 9.59 Å². The lowest BCUT2D eigenvalue weighted by atomic mass is 10.1. The molecule has 0 atom stereocenters. The minimum Gasteiger partial charge on any atom is -0.469 e. The number of esters is 2. The van der Waals surface area contributed by atoms with Crippen molar-refractivity contribution in [2.45, 2.75) is 194 Å². The van der Waals surface area contributed by atoms with E-state index in [4.69, 9.17) is 9.47 Å².